The zero-order valence-corrected chi connectivity index (χ0v) is 17.4. The van der Waals surface area contributed by atoms with Crippen LogP contribution in [0.1, 0.15) is 30.0 Å². The second kappa shape index (κ2) is 9.12. The highest BCUT2D eigenvalue weighted by molar-refractivity contribution is 5.79. The van der Waals surface area contributed by atoms with Crippen molar-refractivity contribution in [1.82, 2.24) is 14.9 Å². The molecule has 0 spiro atoms. The molecule has 0 bridgehead atoms. The van der Waals surface area contributed by atoms with E-state index < -0.39 is 0 Å². The third kappa shape index (κ3) is 4.82. The number of carbonyl (C=O) groups excluding carboxylic acids is 1. The molecule has 6 nitrogen and oxygen atoms in total. The Morgan fingerprint density at radius 3 is 2.81 bits per heavy atom. The first kappa shape index (κ1) is 20.8. The fraction of sp³-hybridized carbons (Fsp3) is 0.292. The van der Waals surface area contributed by atoms with Crippen molar-refractivity contribution in [2.45, 2.75) is 25.2 Å². The van der Waals surface area contributed by atoms with Gasteiger partial charge in [0.25, 0.3) is 0 Å². The van der Waals surface area contributed by atoms with E-state index in [0.717, 1.165) is 35.4 Å². The van der Waals surface area contributed by atoms with Crippen LogP contribution in [0, 0.1) is 5.82 Å². The second-order valence-corrected chi connectivity index (χ2v) is 7.74. The van der Waals surface area contributed by atoms with Crippen LogP contribution in [0.25, 0.3) is 11.1 Å². The zero-order valence-electron chi connectivity index (χ0n) is 17.4. The molecular weight excluding hydrogens is 395 g/mol. The Labute approximate surface area is 180 Å². The van der Waals surface area contributed by atoms with Gasteiger partial charge in [-0.05, 0) is 48.2 Å². The first-order valence-corrected chi connectivity index (χ1v) is 10.3. The zero-order chi connectivity index (χ0) is 21.8. The summed E-state index contributed by atoms with van der Waals surface area (Å²) in [6.07, 6.45) is 3.72. The number of piperidine rings is 1. The van der Waals surface area contributed by atoms with E-state index in [1.807, 2.05) is 35.2 Å². The molecule has 1 atom stereocenters. The molecule has 1 unspecified atom stereocenters. The van der Waals surface area contributed by atoms with E-state index >= 15 is 0 Å². The van der Waals surface area contributed by atoms with E-state index in [0.29, 0.717) is 25.1 Å². The topological polar surface area (TPSA) is 81.3 Å². The number of amides is 1. The van der Waals surface area contributed by atoms with Crippen molar-refractivity contribution < 1.29 is 13.9 Å². The molecule has 1 saturated heterocycles. The molecule has 1 fully saturated rings. The monoisotopic (exact) mass is 420 g/mol. The highest BCUT2D eigenvalue weighted by Gasteiger charge is 2.28. The Morgan fingerprint density at radius 2 is 2.06 bits per heavy atom. The molecular formula is C24H25FN4O2. The summed E-state index contributed by atoms with van der Waals surface area (Å²) in [5.41, 5.74) is 9.04. The van der Waals surface area contributed by atoms with Gasteiger partial charge in [0.1, 0.15) is 11.6 Å². The highest BCUT2D eigenvalue weighted by atomic mass is 19.1. The first-order valence-electron chi connectivity index (χ1n) is 10.3. The summed E-state index contributed by atoms with van der Waals surface area (Å²) in [7, 11) is 1.62. The van der Waals surface area contributed by atoms with Gasteiger partial charge in [0.15, 0.2) is 0 Å². The van der Waals surface area contributed by atoms with E-state index in [-0.39, 0.29) is 23.6 Å². The van der Waals surface area contributed by atoms with Gasteiger partial charge >= 0.3 is 0 Å². The molecule has 1 aliphatic heterocycles. The lowest BCUT2D eigenvalue weighted by Gasteiger charge is -2.33. The maximum absolute atomic E-state index is 13.8. The van der Waals surface area contributed by atoms with Gasteiger partial charge in [-0.3, -0.25) is 4.79 Å². The van der Waals surface area contributed by atoms with Crippen molar-refractivity contribution in [3.05, 3.63) is 71.8 Å². The summed E-state index contributed by atoms with van der Waals surface area (Å²) in [5.74, 6) is 0.707. The van der Waals surface area contributed by atoms with Crippen molar-refractivity contribution in [2.24, 2.45) is 0 Å². The number of aromatic nitrogens is 2. The SMILES string of the molecule is COc1ccc(CC(=O)N2CCCC(c3nc(N)ncc3-c3cccc(F)c3)C2)cc1. The number of nitrogen functional groups attached to an aromatic ring is 1. The van der Waals surface area contributed by atoms with Crippen LogP contribution in [-0.2, 0) is 11.2 Å². The van der Waals surface area contributed by atoms with Crippen LogP contribution in [0.15, 0.2) is 54.7 Å². The van der Waals surface area contributed by atoms with Gasteiger partial charge < -0.3 is 15.4 Å². The molecule has 2 N–H and O–H groups in total. The number of rotatable bonds is 5. The number of anilines is 1. The standard InChI is InChI=1S/C24H25FN4O2/c1-31-20-9-7-16(8-10-20)12-22(30)29-11-3-5-18(15-29)23-21(14-27-24(26)28-23)17-4-2-6-19(25)13-17/h2,4,6-10,13-14,18H,3,5,11-12,15H2,1H3,(H2,26,27,28). The normalized spacial score (nSPS) is 16.2. The Bertz CT molecular complexity index is 1070. The molecule has 3 aromatic rings. The number of carbonyl (C=O) groups is 1. The van der Waals surface area contributed by atoms with Crippen LogP contribution in [0.5, 0.6) is 5.75 Å². The predicted molar refractivity (Wildman–Crippen MR) is 117 cm³/mol. The van der Waals surface area contributed by atoms with Crippen LogP contribution in [0.4, 0.5) is 10.3 Å². The summed E-state index contributed by atoms with van der Waals surface area (Å²) in [6.45, 7) is 1.26. The lowest BCUT2D eigenvalue weighted by molar-refractivity contribution is -0.131. The molecule has 7 heteroatoms. The van der Waals surface area contributed by atoms with Gasteiger partial charge in [-0.1, -0.05) is 24.3 Å². The number of halogens is 1. The number of hydrogen-bond donors (Lipinski definition) is 1. The minimum absolute atomic E-state index is 0.0112. The van der Waals surface area contributed by atoms with E-state index in [1.54, 1.807) is 19.4 Å². The molecule has 1 aliphatic rings. The van der Waals surface area contributed by atoms with Crippen molar-refractivity contribution in [3.8, 4) is 16.9 Å². The number of hydrogen-bond acceptors (Lipinski definition) is 5. The number of likely N-dealkylation sites (tertiary alicyclic amines) is 1. The highest BCUT2D eigenvalue weighted by Crippen LogP contribution is 2.33. The van der Waals surface area contributed by atoms with Gasteiger partial charge in [-0.25, -0.2) is 14.4 Å². The fourth-order valence-electron chi connectivity index (χ4n) is 4.06. The van der Waals surface area contributed by atoms with Crippen LogP contribution >= 0.6 is 0 Å². The van der Waals surface area contributed by atoms with E-state index in [9.17, 15) is 9.18 Å². The molecule has 0 aliphatic carbocycles. The molecule has 160 valence electrons. The summed E-state index contributed by atoms with van der Waals surface area (Å²) in [6, 6.07) is 13.9. The quantitative estimate of drug-likeness (QED) is 0.679. The largest absolute Gasteiger partial charge is 0.497 e. The summed E-state index contributed by atoms with van der Waals surface area (Å²) >= 11 is 0. The molecule has 0 saturated carbocycles. The molecule has 2 heterocycles. The second-order valence-electron chi connectivity index (χ2n) is 7.74. The van der Waals surface area contributed by atoms with E-state index in [1.165, 1.54) is 12.1 Å². The number of benzene rings is 2. The third-order valence-corrected chi connectivity index (χ3v) is 5.65. The summed E-state index contributed by atoms with van der Waals surface area (Å²) in [4.78, 5) is 23.4. The van der Waals surface area contributed by atoms with Crippen LogP contribution < -0.4 is 10.5 Å². The van der Waals surface area contributed by atoms with Crippen molar-refractivity contribution in [1.29, 1.82) is 0 Å². The van der Waals surface area contributed by atoms with Gasteiger partial charge in [0, 0.05) is 30.8 Å². The maximum Gasteiger partial charge on any atom is 0.227 e. The van der Waals surface area contributed by atoms with Crippen LogP contribution in [0.2, 0.25) is 0 Å². The molecule has 31 heavy (non-hydrogen) atoms. The van der Waals surface area contributed by atoms with E-state index in [2.05, 4.69) is 9.97 Å². The van der Waals surface area contributed by atoms with Gasteiger partial charge in [-0.2, -0.15) is 0 Å². The Hall–Kier alpha value is -3.48. The van der Waals surface area contributed by atoms with Gasteiger partial charge in [0.2, 0.25) is 11.9 Å². The maximum atomic E-state index is 13.8. The lowest BCUT2D eigenvalue weighted by Crippen LogP contribution is -2.40. The average molecular weight is 420 g/mol. The molecule has 2 aromatic carbocycles. The molecule has 1 aromatic heterocycles. The Kier molecular flexibility index (Phi) is 6.11. The first-order chi connectivity index (χ1) is 15.0. The fourth-order valence-corrected chi connectivity index (χ4v) is 4.06. The third-order valence-electron chi connectivity index (χ3n) is 5.65. The Balaban J connectivity index is 1.54. The smallest absolute Gasteiger partial charge is 0.227 e. The summed E-state index contributed by atoms with van der Waals surface area (Å²) in [5, 5.41) is 0. The van der Waals surface area contributed by atoms with Crippen LogP contribution in [0.3, 0.4) is 0 Å². The minimum Gasteiger partial charge on any atom is -0.497 e. The molecule has 1 amide bonds. The summed E-state index contributed by atoms with van der Waals surface area (Å²) < 4.78 is 19.0. The average Bonchev–Trinajstić information content (AvgIpc) is 2.79. The molecule has 4 rings (SSSR count). The van der Waals surface area contributed by atoms with Gasteiger partial charge in [0.05, 0.1) is 19.2 Å². The van der Waals surface area contributed by atoms with Gasteiger partial charge in [-0.15, -0.1) is 0 Å². The van der Waals surface area contributed by atoms with Crippen molar-refractivity contribution >= 4 is 11.9 Å². The van der Waals surface area contributed by atoms with Crippen LogP contribution in [-0.4, -0.2) is 41.0 Å². The van der Waals surface area contributed by atoms with Crippen molar-refractivity contribution in [3.63, 3.8) is 0 Å². The number of nitrogens with zero attached hydrogens (tertiary/aromatic N) is 3. The number of ether oxygens (including phenoxy) is 1. The number of nitrogens with two attached hydrogens (primary N) is 1. The minimum atomic E-state index is -0.319. The predicted octanol–water partition coefficient (Wildman–Crippen LogP) is 3.82. The Morgan fingerprint density at radius 1 is 1.26 bits per heavy atom. The number of methoxy groups -OCH3 is 1. The van der Waals surface area contributed by atoms with E-state index in [4.69, 9.17) is 10.5 Å². The van der Waals surface area contributed by atoms with Crippen molar-refractivity contribution in [2.75, 3.05) is 25.9 Å². The lowest BCUT2D eigenvalue weighted by atomic mass is 9.89. The molecule has 0 radical (unpaired) electrons.